The predicted molar refractivity (Wildman–Crippen MR) is 83.3 cm³/mol. The second-order valence-corrected chi connectivity index (χ2v) is 5.27. The van der Waals surface area contributed by atoms with Crippen molar-refractivity contribution < 1.29 is 9.21 Å². The van der Waals surface area contributed by atoms with E-state index in [4.69, 9.17) is 27.6 Å². The Balaban J connectivity index is 2.47. The number of hydrogen-bond acceptors (Lipinski definition) is 3. The molecule has 0 unspecified atom stereocenters. The molecule has 0 aliphatic rings. The molecule has 0 atom stereocenters. The van der Waals surface area contributed by atoms with E-state index in [0.717, 1.165) is 0 Å². The fraction of sp³-hybridized carbons (Fsp3) is 0. The molecule has 21 heavy (non-hydrogen) atoms. The Labute approximate surface area is 129 Å². The molecule has 0 bridgehead atoms. The molecule has 3 nitrogen and oxygen atoms in total. The van der Waals surface area contributed by atoms with E-state index in [2.05, 4.69) is 0 Å². The van der Waals surface area contributed by atoms with Crippen LogP contribution in [0.25, 0.3) is 22.3 Å². The molecule has 3 aromatic rings. The van der Waals surface area contributed by atoms with Gasteiger partial charge in [-0.15, -0.1) is 0 Å². The molecule has 0 saturated heterocycles. The number of aldehydes is 1. The van der Waals surface area contributed by atoms with Crippen molar-refractivity contribution in [2.45, 2.75) is 0 Å². The van der Waals surface area contributed by atoms with Crippen LogP contribution in [0.15, 0.2) is 51.7 Å². The first-order valence-corrected chi connectivity index (χ1v) is 6.84. The molecular weight excluding hydrogens is 311 g/mol. The van der Waals surface area contributed by atoms with E-state index in [-0.39, 0.29) is 27.3 Å². The number of benzene rings is 2. The highest BCUT2D eigenvalue weighted by molar-refractivity contribution is 6.38. The number of carbonyl (C=O) groups is 1. The molecule has 0 N–H and O–H groups in total. The van der Waals surface area contributed by atoms with Gasteiger partial charge in [-0.2, -0.15) is 0 Å². The molecule has 0 aliphatic heterocycles. The summed E-state index contributed by atoms with van der Waals surface area (Å²) in [7, 11) is 0. The van der Waals surface area contributed by atoms with Crippen LogP contribution >= 0.6 is 23.2 Å². The van der Waals surface area contributed by atoms with Crippen molar-refractivity contribution in [3.05, 3.63) is 68.3 Å². The highest BCUT2D eigenvalue weighted by atomic mass is 35.5. The smallest absolute Gasteiger partial charge is 0.203 e. The van der Waals surface area contributed by atoms with Crippen molar-refractivity contribution in [1.29, 1.82) is 0 Å². The van der Waals surface area contributed by atoms with Gasteiger partial charge in [0.1, 0.15) is 11.3 Å². The van der Waals surface area contributed by atoms with Gasteiger partial charge < -0.3 is 4.42 Å². The Morgan fingerprint density at radius 1 is 1.05 bits per heavy atom. The van der Waals surface area contributed by atoms with Crippen LogP contribution in [0.3, 0.4) is 0 Å². The normalized spacial score (nSPS) is 10.8. The topological polar surface area (TPSA) is 47.3 Å². The highest BCUT2D eigenvalue weighted by Crippen LogP contribution is 2.31. The molecule has 0 aliphatic carbocycles. The van der Waals surface area contributed by atoms with Gasteiger partial charge in [0, 0.05) is 10.6 Å². The lowest BCUT2D eigenvalue weighted by Crippen LogP contribution is -2.10. The Morgan fingerprint density at radius 3 is 2.43 bits per heavy atom. The number of rotatable bonds is 2. The molecule has 1 aromatic heterocycles. The van der Waals surface area contributed by atoms with Gasteiger partial charge in [0.25, 0.3) is 0 Å². The molecule has 1 heterocycles. The Bertz CT molecular complexity index is 899. The maximum Gasteiger partial charge on any atom is 0.203 e. The zero-order valence-electron chi connectivity index (χ0n) is 10.6. The van der Waals surface area contributed by atoms with Crippen LogP contribution < -0.4 is 5.43 Å². The van der Waals surface area contributed by atoms with Crippen molar-refractivity contribution in [2.75, 3.05) is 0 Å². The fourth-order valence-electron chi connectivity index (χ4n) is 2.15. The Kier molecular flexibility index (Phi) is 3.53. The molecule has 0 fully saturated rings. The Morgan fingerprint density at radius 2 is 1.76 bits per heavy atom. The molecule has 0 saturated carbocycles. The first-order chi connectivity index (χ1) is 10.1. The zero-order valence-corrected chi connectivity index (χ0v) is 12.1. The molecule has 0 spiro atoms. The largest absolute Gasteiger partial charge is 0.453 e. The summed E-state index contributed by atoms with van der Waals surface area (Å²) in [5.74, 6) is 0.201. The monoisotopic (exact) mass is 318 g/mol. The summed E-state index contributed by atoms with van der Waals surface area (Å²) < 4.78 is 5.71. The number of halogens is 2. The minimum atomic E-state index is -0.450. The summed E-state index contributed by atoms with van der Waals surface area (Å²) in [5, 5.41) is 0.725. The van der Waals surface area contributed by atoms with Gasteiger partial charge in [-0.25, -0.2) is 0 Å². The first kappa shape index (κ1) is 13.9. The molecule has 0 amide bonds. The second-order valence-electron chi connectivity index (χ2n) is 4.42. The summed E-state index contributed by atoms with van der Waals surface area (Å²) in [6.45, 7) is 0. The van der Waals surface area contributed by atoms with Crippen LogP contribution in [-0.2, 0) is 0 Å². The van der Waals surface area contributed by atoms with Gasteiger partial charge in [-0.1, -0.05) is 53.5 Å². The summed E-state index contributed by atoms with van der Waals surface area (Å²) >= 11 is 12.0. The van der Waals surface area contributed by atoms with E-state index in [1.165, 1.54) is 12.1 Å². The van der Waals surface area contributed by atoms with E-state index < -0.39 is 5.43 Å². The number of hydrogen-bond donors (Lipinski definition) is 0. The van der Waals surface area contributed by atoms with Crippen molar-refractivity contribution >= 4 is 40.5 Å². The lowest BCUT2D eigenvalue weighted by atomic mass is 10.1. The zero-order chi connectivity index (χ0) is 15.0. The summed E-state index contributed by atoms with van der Waals surface area (Å²) in [6, 6.07) is 11.8. The molecule has 3 rings (SSSR count). The van der Waals surface area contributed by atoms with Gasteiger partial charge in [-0.05, 0) is 12.1 Å². The maximum atomic E-state index is 12.4. The van der Waals surface area contributed by atoms with Crippen LogP contribution in [0.5, 0.6) is 0 Å². The lowest BCUT2D eigenvalue weighted by Gasteiger charge is -2.07. The third-order valence-corrected chi connectivity index (χ3v) is 3.60. The van der Waals surface area contributed by atoms with Crippen LogP contribution in [0.4, 0.5) is 0 Å². The minimum Gasteiger partial charge on any atom is -0.453 e. The lowest BCUT2D eigenvalue weighted by molar-refractivity contribution is 0.112. The van der Waals surface area contributed by atoms with Crippen molar-refractivity contribution in [3.8, 4) is 11.3 Å². The van der Waals surface area contributed by atoms with E-state index in [1.807, 2.05) is 6.07 Å². The quantitative estimate of drug-likeness (QED) is 0.650. The minimum absolute atomic E-state index is 0.0490. The van der Waals surface area contributed by atoms with Crippen LogP contribution in [-0.4, -0.2) is 6.29 Å². The van der Waals surface area contributed by atoms with Gasteiger partial charge in [-0.3, -0.25) is 9.59 Å². The average Bonchev–Trinajstić information content (AvgIpc) is 2.49. The molecular formula is C16H8Cl2O3. The van der Waals surface area contributed by atoms with E-state index >= 15 is 0 Å². The summed E-state index contributed by atoms with van der Waals surface area (Å²) in [5.41, 5.74) is 0.349. The summed E-state index contributed by atoms with van der Waals surface area (Å²) in [6.07, 6.45) is 0.489. The molecule has 104 valence electrons. The third kappa shape index (κ3) is 2.35. The number of carbonyl (C=O) groups excluding carboxylic acids is 1. The molecule has 0 radical (unpaired) electrons. The SMILES string of the molecule is O=Cc1c(-c2ccccc2)oc2c(Cl)cc(Cl)cc2c1=O. The predicted octanol–water partition coefficient (Wildman–Crippen LogP) is 4.58. The van der Waals surface area contributed by atoms with Gasteiger partial charge in [0.2, 0.25) is 5.43 Å². The van der Waals surface area contributed by atoms with E-state index in [9.17, 15) is 9.59 Å². The van der Waals surface area contributed by atoms with Gasteiger partial charge in [0.05, 0.1) is 10.4 Å². The highest BCUT2D eigenvalue weighted by Gasteiger charge is 2.17. The third-order valence-electron chi connectivity index (χ3n) is 3.10. The first-order valence-electron chi connectivity index (χ1n) is 6.08. The van der Waals surface area contributed by atoms with Crippen molar-refractivity contribution in [2.24, 2.45) is 0 Å². The fourth-order valence-corrected chi connectivity index (χ4v) is 2.68. The molecule has 2 aromatic carbocycles. The Hall–Kier alpha value is -2.10. The summed E-state index contributed by atoms with van der Waals surface area (Å²) in [4.78, 5) is 23.8. The van der Waals surface area contributed by atoms with E-state index in [0.29, 0.717) is 16.9 Å². The molecule has 5 heteroatoms. The van der Waals surface area contributed by atoms with Crippen molar-refractivity contribution in [1.82, 2.24) is 0 Å². The van der Waals surface area contributed by atoms with Crippen LogP contribution in [0.2, 0.25) is 10.0 Å². The standard InChI is InChI=1S/C16H8Cl2O3/c17-10-6-11-14(20)12(8-19)15(9-4-2-1-3-5-9)21-16(11)13(18)7-10/h1-8H. The van der Waals surface area contributed by atoms with Gasteiger partial charge in [0.15, 0.2) is 11.9 Å². The maximum absolute atomic E-state index is 12.4. The van der Waals surface area contributed by atoms with Crippen LogP contribution in [0, 0.1) is 0 Å². The second kappa shape index (κ2) is 5.35. The van der Waals surface area contributed by atoms with Crippen LogP contribution in [0.1, 0.15) is 10.4 Å². The average molecular weight is 319 g/mol. The van der Waals surface area contributed by atoms with Crippen molar-refractivity contribution in [3.63, 3.8) is 0 Å². The number of fused-ring (bicyclic) bond motifs is 1. The van der Waals surface area contributed by atoms with E-state index in [1.54, 1.807) is 24.3 Å². The van der Waals surface area contributed by atoms with Gasteiger partial charge >= 0.3 is 0 Å².